The van der Waals surface area contributed by atoms with Gasteiger partial charge in [0.15, 0.2) is 5.79 Å². The zero-order valence-corrected chi connectivity index (χ0v) is 9.55. The fourth-order valence-corrected chi connectivity index (χ4v) is 2.70. The number of nitrogens with one attached hydrogen (secondary N) is 1. The minimum Gasteiger partial charge on any atom is -0.347 e. The lowest BCUT2D eigenvalue weighted by Gasteiger charge is -2.35. The van der Waals surface area contributed by atoms with Gasteiger partial charge in [-0.15, -0.1) is 6.58 Å². The molecule has 3 heteroatoms. The third-order valence-corrected chi connectivity index (χ3v) is 3.35. The summed E-state index contributed by atoms with van der Waals surface area (Å²) in [6.07, 6.45) is 5.98. The molecule has 1 N–H and O–H groups in total. The van der Waals surface area contributed by atoms with Crippen LogP contribution in [0.15, 0.2) is 12.7 Å². The molecule has 0 aliphatic carbocycles. The van der Waals surface area contributed by atoms with Crippen molar-refractivity contribution < 1.29 is 9.47 Å². The molecule has 86 valence electrons. The Kier molecular flexibility index (Phi) is 3.14. The van der Waals surface area contributed by atoms with Crippen molar-refractivity contribution in [3.63, 3.8) is 0 Å². The zero-order chi connectivity index (χ0) is 10.8. The average Bonchev–Trinajstić information content (AvgIpc) is 2.54. The maximum atomic E-state index is 5.81. The van der Waals surface area contributed by atoms with Crippen molar-refractivity contribution in [2.45, 2.75) is 43.9 Å². The van der Waals surface area contributed by atoms with E-state index in [2.05, 4.69) is 18.8 Å². The highest BCUT2D eigenvalue weighted by atomic mass is 16.7. The fourth-order valence-electron chi connectivity index (χ4n) is 2.70. The van der Waals surface area contributed by atoms with Crippen molar-refractivity contribution in [3.8, 4) is 0 Å². The topological polar surface area (TPSA) is 30.5 Å². The molecule has 1 spiro atoms. The SMILES string of the molecule is C=CCC1(C)CC2(CCCN1)OCCO2. The van der Waals surface area contributed by atoms with Crippen LogP contribution in [0.5, 0.6) is 0 Å². The number of rotatable bonds is 2. The third-order valence-electron chi connectivity index (χ3n) is 3.35. The average molecular weight is 211 g/mol. The van der Waals surface area contributed by atoms with E-state index < -0.39 is 0 Å². The van der Waals surface area contributed by atoms with Crippen LogP contribution in [-0.2, 0) is 9.47 Å². The second-order valence-corrected chi connectivity index (χ2v) is 4.87. The Morgan fingerprint density at radius 3 is 2.80 bits per heavy atom. The zero-order valence-electron chi connectivity index (χ0n) is 9.55. The molecule has 0 aromatic rings. The normalized spacial score (nSPS) is 35.3. The van der Waals surface area contributed by atoms with Gasteiger partial charge >= 0.3 is 0 Å². The Bertz CT molecular complexity index is 236. The van der Waals surface area contributed by atoms with E-state index in [9.17, 15) is 0 Å². The number of hydrogen-bond donors (Lipinski definition) is 1. The first-order valence-electron chi connectivity index (χ1n) is 5.82. The highest BCUT2D eigenvalue weighted by Gasteiger charge is 2.43. The summed E-state index contributed by atoms with van der Waals surface area (Å²) < 4.78 is 11.6. The molecular formula is C12H21NO2. The van der Waals surface area contributed by atoms with E-state index in [1.165, 1.54) is 0 Å². The summed E-state index contributed by atoms with van der Waals surface area (Å²) in [5.41, 5.74) is 0.0720. The molecule has 3 nitrogen and oxygen atoms in total. The van der Waals surface area contributed by atoms with Gasteiger partial charge in [0.05, 0.1) is 13.2 Å². The molecule has 0 saturated carbocycles. The van der Waals surface area contributed by atoms with Crippen molar-refractivity contribution in [1.29, 1.82) is 0 Å². The Hall–Kier alpha value is -0.380. The van der Waals surface area contributed by atoms with Gasteiger partial charge in [0.25, 0.3) is 0 Å². The molecular weight excluding hydrogens is 190 g/mol. The van der Waals surface area contributed by atoms with Crippen LogP contribution in [0.3, 0.4) is 0 Å². The smallest absolute Gasteiger partial charge is 0.170 e. The summed E-state index contributed by atoms with van der Waals surface area (Å²) in [7, 11) is 0. The van der Waals surface area contributed by atoms with Gasteiger partial charge < -0.3 is 14.8 Å². The predicted molar refractivity (Wildman–Crippen MR) is 59.7 cm³/mol. The predicted octanol–water partition coefficient (Wildman–Crippen LogP) is 1.84. The minimum absolute atomic E-state index is 0.0720. The van der Waals surface area contributed by atoms with Crippen LogP contribution in [0.25, 0.3) is 0 Å². The fraction of sp³-hybridized carbons (Fsp3) is 0.833. The van der Waals surface area contributed by atoms with E-state index in [0.29, 0.717) is 0 Å². The van der Waals surface area contributed by atoms with E-state index >= 15 is 0 Å². The van der Waals surface area contributed by atoms with Crippen molar-refractivity contribution in [2.24, 2.45) is 0 Å². The molecule has 1 unspecified atom stereocenters. The lowest BCUT2D eigenvalue weighted by atomic mass is 9.89. The first kappa shape index (κ1) is 11.1. The van der Waals surface area contributed by atoms with Crippen LogP contribution in [0.4, 0.5) is 0 Å². The van der Waals surface area contributed by atoms with E-state index in [0.717, 1.165) is 45.4 Å². The van der Waals surface area contributed by atoms with Crippen LogP contribution in [0, 0.1) is 0 Å². The molecule has 2 aliphatic rings. The van der Waals surface area contributed by atoms with E-state index in [1.807, 2.05) is 6.08 Å². The monoisotopic (exact) mass is 211 g/mol. The van der Waals surface area contributed by atoms with Crippen LogP contribution in [-0.4, -0.2) is 31.1 Å². The lowest BCUT2D eigenvalue weighted by molar-refractivity contribution is -0.173. The summed E-state index contributed by atoms with van der Waals surface area (Å²) in [5.74, 6) is -0.318. The summed E-state index contributed by atoms with van der Waals surface area (Å²) in [6, 6.07) is 0. The molecule has 0 aromatic heterocycles. The molecule has 2 saturated heterocycles. The van der Waals surface area contributed by atoms with Crippen LogP contribution >= 0.6 is 0 Å². The molecule has 2 fully saturated rings. The molecule has 2 rings (SSSR count). The molecule has 0 amide bonds. The maximum absolute atomic E-state index is 5.81. The Labute approximate surface area is 91.8 Å². The molecule has 2 heterocycles. The van der Waals surface area contributed by atoms with E-state index in [1.54, 1.807) is 0 Å². The number of ether oxygens (including phenoxy) is 2. The largest absolute Gasteiger partial charge is 0.347 e. The Morgan fingerprint density at radius 2 is 2.13 bits per heavy atom. The highest BCUT2D eigenvalue weighted by Crippen LogP contribution is 2.36. The molecule has 1 atom stereocenters. The third kappa shape index (κ3) is 2.41. The second-order valence-electron chi connectivity index (χ2n) is 4.87. The summed E-state index contributed by atoms with van der Waals surface area (Å²) in [5, 5.41) is 3.58. The van der Waals surface area contributed by atoms with Gasteiger partial charge in [0, 0.05) is 18.4 Å². The second kappa shape index (κ2) is 4.24. The minimum atomic E-state index is -0.318. The van der Waals surface area contributed by atoms with Gasteiger partial charge in [0.1, 0.15) is 0 Å². The van der Waals surface area contributed by atoms with Crippen molar-refractivity contribution >= 4 is 0 Å². The van der Waals surface area contributed by atoms with E-state index in [-0.39, 0.29) is 11.3 Å². The van der Waals surface area contributed by atoms with Crippen molar-refractivity contribution in [1.82, 2.24) is 5.32 Å². The molecule has 0 aromatic carbocycles. The quantitative estimate of drug-likeness (QED) is 0.707. The maximum Gasteiger partial charge on any atom is 0.170 e. The first-order chi connectivity index (χ1) is 7.18. The Morgan fingerprint density at radius 1 is 1.40 bits per heavy atom. The van der Waals surface area contributed by atoms with Gasteiger partial charge in [-0.05, 0) is 26.3 Å². The standard InChI is InChI=1S/C12H21NO2/c1-3-5-11(2)10-12(6-4-7-13-11)14-8-9-15-12/h3,13H,1,4-10H2,2H3. The number of hydrogen-bond acceptors (Lipinski definition) is 3. The summed E-state index contributed by atoms with van der Waals surface area (Å²) in [6.45, 7) is 8.57. The van der Waals surface area contributed by atoms with Gasteiger partial charge in [-0.25, -0.2) is 0 Å². The van der Waals surface area contributed by atoms with Crippen LogP contribution < -0.4 is 5.32 Å². The molecule has 15 heavy (non-hydrogen) atoms. The molecule has 0 bridgehead atoms. The van der Waals surface area contributed by atoms with E-state index in [4.69, 9.17) is 9.47 Å². The molecule has 2 aliphatic heterocycles. The van der Waals surface area contributed by atoms with Crippen molar-refractivity contribution in [3.05, 3.63) is 12.7 Å². The highest BCUT2D eigenvalue weighted by molar-refractivity contribution is 4.97. The van der Waals surface area contributed by atoms with Crippen molar-refractivity contribution in [2.75, 3.05) is 19.8 Å². The van der Waals surface area contributed by atoms with Crippen LogP contribution in [0.1, 0.15) is 32.6 Å². The van der Waals surface area contributed by atoms with Gasteiger partial charge in [0.2, 0.25) is 0 Å². The summed E-state index contributed by atoms with van der Waals surface area (Å²) in [4.78, 5) is 0. The summed E-state index contributed by atoms with van der Waals surface area (Å²) >= 11 is 0. The molecule has 0 radical (unpaired) electrons. The first-order valence-corrected chi connectivity index (χ1v) is 5.82. The lowest BCUT2D eigenvalue weighted by Crippen LogP contribution is -2.46. The Balaban J connectivity index is 2.10. The van der Waals surface area contributed by atoms with Gasteiger partial charge in [-0.1, -0.05) is 6.08 Å². The van der Waals surface area contributed by atoms with Gasteiger partial charge in [-0.2, -0.15) is 0 Å². The van der Waals surface area contributed by atoms with Crippen LogP contribution in [0.2, 0.25) is 0 Å². The van der Waals surface area contributed by atoms with Gasteiger partial charge in [-0.3, -0.25) is 0 Å².